The van der Waals surface area contributed by atoms with E-state index in [0.717, 1.165) is 18.1 Å². The molecule has 8 heteroatoms. The Morgan fingerprint density at radius 2 is 2.04 bits per heavy atom. The van der Waals surface area contributed by atoms with Gasteiger partial charge in [-0.05, 0) is 55.1 Å². The van der Waals surface area contributed by atoms with E-state index in [1.54, 1.807) is 11.3 Å². The van der Waals surface area contributed by atoms with E-state index in [4.69, 9.17) is 16.1 Å². The number of guanidine groups is 1. The van der Waals surface area contributed by atoms with E-state index >= 15 is 0 Å². The SMILES string of the molecule is CCNC(=NCc1sccc1C)NCCc1nc(-c2ccc(Cl)cc2)no1. The van der Waals surface area contributed by atoms with Gasteiger partial charge >= 0.3 is 0 Å². The first-order valence-corrected chi connectivity index (χ1v) is 10.0. The van der Waals surface area contributed by atoms with Crippen LogP contribution in [0.5, 0.6) is 0 Å². The van der Waals surface area contributed by atoms with Crippen molar-refractivity contribution in [1.29, 1.82) is 0 Å². The number of hydrogen-bond acceptors (Lipinski definition) is 5. The van der Waals surface area contributed by atoms with Crippen molar-refractivity contribution in [2.24, 2.45) is 4.99 Å². The number of thiophene rings is 1. The van der Waals surface area contributed by atoms with Crippen LogP contribution in [0.15, 0.2) is 45.2 Å². The number of hydrogen-bond donors (Lipinski definition) is 2. The number of rotatable bonds is 7. The van der Waals surface area contributed by atoms with E-state index in [1.807, 2.05) is 31.2 Å². The molecule has 1 aromatic carbocycles. The van der Waals surface area contributed by atoms with Crippen LogP contribution in [0, 0.1) is 6.92 Å². The summed E-state index contributed by atoms with van der Waals surface area (Å²) >= 11 is 7.63. The van der Waals surface area contributed by atoms with E-state index in [9.17, 15) is 0 Å². The molecule has 0 unspecified atom stereocenters. The molecule has 0 aliphatic heterocycles. The first-order valence-electron chi connectivity index (χ1n) is 8.79. The Morgan fingerprint density at radius 3 is 2.74 bits per heavy atom. The Labute approximate surface area is 167 Å². The minimum atomic E-state index is 0.565. The van der Waals surface area contributed by atoms with Crippen molar-refractivity contribution in [1.82, 2.24) is 20.8 Å². The summed E-state index contributed by atoms with van der Waals surface area (Å²) in [5.74, 6) is 1.93. The smallest absolute Gasteiger partial charge is 0.228 e. The lowest BCUT2D eigenvalue weighted by Gasteiger charge is -2.10. The lowest BCUT2D eigenvalue weighted by Crippen LogP contribution is -2.38. The van der Waals surface area contributed by atoms with Gasteiger partial charge in [-0.15, -0.1) is 11.3 Å². The number of halogens is 1. The molecule has 3 aromatic rings. The summed E-state index contributed by atoms with van der Waals surface area (Å²) in [5.41, 5.74) is 2.16. The molecule has 0 bridgehead atoms. The fourth-order valence-corrected chi connectivity index (χ4v) is 3.37. The van der Waals surface area contributed by atoms with Crippen LogP contribution >= 0.6 is 22.9 Å². The Bertz CT molecular complexity index is 888. The maximum atomic E-state index is 5.91. The van der Waals surface area contributed by atoms with Gasteiger partial charge in [-0.25, -0.2) is 4.99 Å². The molecule has 0 spiro atoms. The largest absolute Gasteiger partial charge is 0.357 e. The highest BCUT2D eigenvalue weighted by Gasteiger charge is 2.09. The predicted molar refractivity (Wildman–Crippen MR) is 110 cm³/mol. The molecule has 0 amide bonds. The Balaban J connectivity index is 1.54. The van der Waals surface area contributed by atoms with E-state index in [2.05, 4.69) is 44.1 Å². The van der Waals surface area contributed by atoms with Gasteiger partial charge in [-0.1, -0.05) is 16.8 Å². The van der Waals surface area contributed by atoms with E-state index in [0.29, 0.717) is 36.2 Å². The molecule has 3 rings (SSSR count). The molecule has 142 valence electrons. The average Bonchev–Trinajstić information content (AvgIpc) is 3.29. The lowest BCUT2D eigenvalue weighted by molar-refractivity contribution is 0.378. The molecule has 0 saturated heterocycles. The Kier molecular flexibility index (Phi) is 6.84. The number of aromatic nitrogens is 2. The third kappa shape index (κ3) is 5.55. The molecule has 0 aliphatic carbocycles. The van der Waals surface area contributed by atoms with Crippen LogP contribution in [0.4, 0.5) is 0 Å². The van der Waals surface area contributed by atoms with Crippen LogP contribution in [0.3, 0.4) is 0 Å². The van der Waals surface area contributed by atoms with E-state index in [1.165, 1.54) is 10.4 Å². The van der Waals surface area contributed by atoms with Crippen molar-refractivity contribution in [3.63, 3.8) is 0 Å². The van der Waals surface area contributed by atoms with Crippen molar-refractivity contribution < 1.29 is 4.52 Å². The third-order valence-corrected chi connectivity index (χ3v) is 5.15. The summed E-state index contributed by atoms with van der Waals surface area (Å²) < 4.78 is 5.33. The van der Waals surface area contributed by atoms with Gasteiger partial charge in [0, 0.05) is 35.0 Å². The highest BCUT2D eigenvalue weighted by atomic mass is 35.5. The van der Waals surface area contributed by atoms with Gasteiger partial charge in [0.1, 0.15) is 0 Å². The first-order chi connectivity index (χ1) is 13.2. The highest BCUT2D eigenvalue weighted by Crippen LogP contribution is 2.19. The van der Waals surface area contributed by atoms with Gasteiger partial charge in [0.05, 0.1) is 6.54 Å². The molecule has 2 N–H and O–H groups in total. The molecule has 6 nitrogen and oxygen atoms in total. The number of nitrogens with one attached hydrogen (secondary N) is 2. The second kappa shape index (κ2) is 9.53. The molecular weight excluding hydrogens is 382 g/mol. The molecule has 0 fully saturated rings. The van der Waals surface area contributed by atoms with Gasteiger partial charge in [0.2, 0.25) is 11.7 Å². The Hall–Kier alpha value is -2.38. The second-order valence-electron chi connectivity index (χ2n) is 5.92. The molecule has 2 aromatic heterocycles. The van der Waals surface area contributed by atoms with Crippen LogP contribution in [0.2, 0.25) is 5.02 Å². The molecule has 27 heavy (non-hydrogen) atoms. The summed E-state index contributed by atoms with van der Waals surface area (Å²) in [7, 11) is 0. The van der Waals surface area contributed by atoms with Crippen molar-refractivity contribution in [2.75, 3.05) is 13.1 Å². The number of aryl methyl sites for hydroxylation is 1. The van der Waals surface area contributed by atoms with Crippen LogP contribution in [0.25, 0.3) is 11.4 Å². The number of benzene rings is 1. The van der Waals surface area contributed by atoms with Gasteiger partial charge in [0.25, 0.3) is 0 Å². The van der Waals surface area contributed by atoms with E-state index in [-0.39, 0.29) is 0 Å². The van der Waals surface area contributed by atoms with Crippen molar-refractivity contribution in [3.8, 4) is 11.4 Å². The minimum absolute atomic E-state index is 0.565. The maximum absolute atomic E-state index is 5.91. The normalized spacial score (nSPS) is 11.6. The zero-order valence-corrected chi connectivity index (χ0v) is 16.9. The molecule has 0 atom stereocenters. The predicted octanol–water partition coefficient (Wildman–Crippen LogP) is 4.06. The van der Waals surface area contributed by atoms with Crippen LogP contribution in [-0.4, -0.2) is 29.2 Å². The standard InChI is InChI=1S/C19H22ClN5OS/c1-3-21-19(23-12-16-13(2)9-11-27-16)22-10-8-17-24-18(25-26-17)14-4-6-15(20)7-5-14/h4-7,9,11H,3,8,10,12H2,1-2H3,(H2,21,22,23). The third-order valence-electron chi connectivity index (χ3n) is 3.89. The first kappa shape index (κ1) is 19.4. The molecular formula is C19H22ClN5OS. The van der Waals surface area contributed by atoms with Crippen LogP contribution in [0.1, 0.15) is 23.3 Å². The second-order valence-corrected chi connectivity index (χ2v) is 7.35. The zero-order valence-electron chi connectivity index (χ0n) is 15.3. The lowest BCUT2D eigenvalue weighted by atomic mass is 10.2. The number of aliphatic imine (C=N–C) groups is 1. The fourth-order valence-electron chi connectivity index (χ4n) is 2.42. The van der Waals surface area contributed by atoms with E-state index < -0.39 is 0 Å². The maximum Gasteiger partial charge on any atom is 0.228 e. The van der Waals surface area contributed by atoms with Crippen molar-refractivity contribution >= 4 is 28.9 Å². The summed E-state index contributed by atoms with van der Waals surface area (Å²) in [6, 6.07) is 9.48. The summed E-state index contributed by atoms with van der Waals surface area (Å²) in [5, 5.41) is 13.4. The fraction of sp³-hybridized carbons (Fsp3) is 0.316. The summed E-state index contributed by atoms with van der Waals surface area (Å²) in [6.45, 7) is 6.27. The molecule has 0 aliphatic rings. The quantitative estimate of drug-likeness (QED) is 0.459. The van der Waals surface area contributed by atoms with Gasteiger partial charge < -0.3 is 15.2 Å². The highest BCUT2D eigenvalue weighted by molar-refractivity contribution is 7.10. The monoisotopic (exact) mass is 403 g/mol. The zero-order chi connectivity index (χ0) is 19.1. The molecule has 2 heterocycles. The molecule has 0 radical (unpaired) electrons. The Morgan fingerprint density at radius 1 is 1.22 bits per heavy atom. The topological polar surface area (TPSA) is 75.3 Å². The van der Waals surface area contributed by atoms with Gasteiger partial charge in [-0.2, -0.15) is 4.98 Å². The minimum Gasteiger partial charge on any atom is -0.357 e. The van der Waals surface area contributed by atoms with Crippen molar-refractivity contribution in [2.45, 2.75) is 26.8 Å². The molecule has 0 saturated carbocycles. The van der Waals surface area contributed by atoms with Crippen molar-refractivity contribution in [3.05, 3.63) is 57.1 Å². The number of nitrogens with zero attached hydrogens (tertiary/aromatic N) is 3. The summed E-state index contributed by atoms with van der Waals surface area (Å²) in [6.07, 6.45) is 0.614. The average molecular weight is 404 g/mol. The van der Waals surface area contributed by atoms with Gasteiger partial charge in [-0.3, -0.25) is 0 Å². The van der Waals surface area contributed by atoms with Crippen LogP contribution in [-0.2, 0) is 13.0 Å². The van der Waals surface area contributed by atoms with Crippen LogP contribution < -0.4 is 10.6 Å². The van der Waals surface area contributed by atoms with Gasteiger partial charge in [0.15, 0.2) is 5.96 Å². The summed E-state index contributed by atoms with van der Waals surface area (Å²) in [4.78, 5) is 10.3.